The van der Waals surface area contributed by atoms with E-state index in [-0.39, 0.29) is 6.04 Å². The monoisotopic (exact) mass is 415 g/mol. The van der Waals surface area contributed by atoms with Crippen molar-refractivity contribution in [3.63, 3.8) is 0 Å². The number of aromatic nitrogens is 6. The molecule has 1 aliphatic carbocycles. The highest BCUT2D eigenvalue weighted by atomic mass is 15.2. The van der Waals surface area contributed by atoms with Crippen LogP contribution in [0.5, 0.6) is 0 Å². The number of hydrogen-bond donors (Lipinski definition) is 3. The third-order valence-electron chi connectivity index (χ3n) is 5.99. The van der Waals surface area contributed by atoms with Crippen LogP contribution in [-0.4, -0.2) is 30.1 Å². The van der Waals surface area contributed by atoms with Crippen molar-refractivity contribution in [3.05, 3.63) is 102 Å². The zero-order valence-corrected chi connectivity index (χ0v) is 16.9. The predicted octanol–water partition coefficient (Wildman–Crippen LogP) is 4.38. The normalized spacial score (nSPS) is 16.4. The van der Waals surface area contributed by atoms with Crippen LogP contribution in [0.1, 0.15) is 22.9 Å². The Bertz CT molecular complexity index is 1540. The first kappa shape index (κ1) is 17.2. The molecule has 1 atom stereocenters. The van der Waals surface area contributed by atoms with Crippen molar-refractivity contribution in [3.8, 4) is 22.6 Å². The van der Waals surface area contributed by atoms with Crippen LogP contribution in [-0.2, 0) is 0 Å². The summed E-state index contributed by atoms with van der Waals surface area (Å²) in [7, 11) is 0. The summed E-state index contributed by atoms with van der Waals surface area (Å²) >= 11 is 0. The minimum absolute atomic E-state index is 0.202. The zero-order chi connectivity index (χ0) is 21.1. The summed E-state index contributed by atoms with van der Waals surface area (Å²) in [5, 5.41) is 11.2. The maximum atomic E-state index is 4.91. The highest BCUT2D eigenvalue weighted by Gasteiger charge is 2.36. The summed E-state index contributed by atoms with van der Waals surface area (Å²) in [4.78, 5) is 17.1. The third kappa shape index (κ3) is 2.61. The van der Waals surface area contributed by atoms with Gasteiger partial charge < -0.3 is 10.3 Å². The zero-order valence-electron chi connectivity index (χ0n) is 16.9. The standard InChI is InChI=1S/C25H17N7/c1-3-14(12-26-9-1)16-5-6-19-23(29-19)22-17(16)11-21(30-22)25-24-20(31-32-25)8-7-18(28-24)15-4-2-10-27-13-15/h1-13,23,29-30H,(H,31,32). The van der Waals surface area contributed by atoms with E-state index in [9.17, 15) is 0 Å². The SMILES string of the molecule is C1=C(c2cccnc2)c2cc(-c3n[nH]c4ccc(-c5cccnc5)nc34)[nH]c2C2NC2=C1. The topological polar surface area (TPSA) is 105 Å². The molecule has 1 unspecified atom stereocenters. The molecule has 1 fully saturated rings. The molecule has 5 aromatic rings. The Morgan fingerprint density at radius 3 is 2.53 bits per heavy atom. The highest BCUT2D eigenvalue weighted by molar-refractivity contribution is 5.92. The van der Waals surface area contributed by atoms with Crippen molar-refractivity contribution < 1.29 is 0 Å². The maximum Gasteiger partial charge on any atom is 0.135 e. The van der Waals surface area contributed by atoms with E-state index in [2.05, 4.69) is 54.8 Å². The number of nitrogens with one attached hydrogen (secondary N) is 3. The summed E-state index contributed by atoms with van der Waals surface area (Å²) in [5.41, 5.74) is 11.0. The van der Waals surface area contributed by atoms with Crippen LogP contribution >= 0.6 is 0 Å². The Morgan fingerprint density at radius 1 is 0.875 bits per heavy atom. The van der Waals surface area contributed by atoms with E-state index < -0.39 is 0 Å². The van der Waals surface area contributed by atoms with Crippen molar-refractivity contribution in [1.82, 2.24) is 35.5 Å². The average molecular weight is 415 g/mol. The van der Waals surface area contributed by atoms with Crippen LogP contribution in [0.25, 0.3) is 39.3 Å². The van der Waals surface area contributed by atoms with Gasteiger partial charge in [-0.15, -0.1) is 0 Å². The van der Waals surface area contributed by atoms with Crippen molar-refractivity contribution in [2.45, 2.75) is 6.04 Å². The number of pyridine rings is 3. The average Bonchev–Trinajstić information content (AvgIpc) is 3.34. The maximum absolute atomic E-state index is 4.91. The highest BCUT2D eigenvalue weighted by Crippen LogP contribution is 2.43. The lowest BCUT2D eigenvalue weighted by molar-refractivity contribution is 1.01. The minimum Gasteiger partial charge on any atom is -0.373 e. The molecular formula is C25H17N7. The molecule has 0 spiro atoms. The Morgan fingerprint density at radius 2 is 1.72 bits per heavy atom. The van der Waals surface area contributed by atoms with E-state index in [1.165, 1.54) is 5.70 Å². The lowest BCUT2D eigenvalue weighted by Gasteiger charge is -2.06. The molecule has 1 saturated heterocycles. The Hall–Kier alpha value is -4.52. The molecule has 2 aliphatic rings. The van der Waals surface area contributed by atoms with Gasteiger partial charge in [0, 0.05) is 47.2 Å². The molecule has 7 nitrogen and oxygen atoms in total. The molecule has 32 heavy (non-hydrogen) atoms. The van der Waals surface area contributed by atoms with Crippen molar-refractivity contribution in [2.24, 2.45) is 0 Å². The molecule has 0 bridgehead atoms. The van der Waals surface area contributed by atoms with Gasteiger partial charge in [0.15, 0.2) is 0 Å². The van der Waals surface area contributed by atoms with Gasteiger partial charge in [0.1, 0.15) is 17.3 Å². The first-order chi connectivity index (χ1) is 15.8. The number of allylic oxidation sites excluding steroid dienone is 2. The lowest BCUT2D eigenvalue weighted by atomic mass is 9.98. The fourth-order valence-corrected chi connectivity index (χ4v) is 4.34. The molecule has 0 saturated carbocycles. The molecule has 3 N–H and O–H groups in total. The predicted molar refractivity (Wildman–Crippen MR) is 122 cm³/mol. The molecule has 7 rings (SSSR count). The number of fused-ring (bicyclic) bond motifs is 4. The van der Waals surface area contributed by atoms with Gasteiger partial charge in [0.2, 0.25) is 0 Å². The smallest absolute Gasteiger partial charge is 0.135 e. The number of aromatic amines is 2. The molecule has 5 aromatic heterocycles. The minimum atomic E-state index is 0.202. The van der Waals surface area contributed by atoms with E-state index in [1.54, 1.807) is 12.4 Å². The van der Waals surface area contributed by atoms with E-state index in [1.807, 2.05) is 42.7 Å². The van der Waals surface area contributed by atoms with Gasteiger partial charge in [0.05, 0.1) is 22.6 Å². The summed E-state index contributed by atoms with van der Waals surface area (Å²) in [5.74, 6) is 0. The molecular weight excluding hydrogens is 398 g/mol. The lowest BCUT2D eigenvalue weighted by Crippen LogP contribution is -1.93. The van der Waals surface area contributed by atoms with Crippen LogP contribution in [0.2, 0.25) is 0 Å². The van der Waals surface area contributed by atoms with Gasteiger partial charge in [0.25, 0.3) is 0 Å². The van der Waals surface area contributed by atoms with Gasteiger partial charge in [-0.25, -0.2) is 4.98 Å². The van der Waals surface area contributed by atoms with Gasteiger partial charge in [-0.3, -0.25) is 15.1 Å². The summed E-state index contributed by atoms with van der Waals surface area (Å²) in [6, 6.07) is 14.3. The summed E-state index contributed by atoms with van der Waals surface area (Å²) < 4.78 is 0. The fraction of sp³-hybridized carbons (Fsp3) is 0.0400. The second-order valence-corrected chi connectivity index (χ2v) is 7.94. The van der Waals surface area contributed by atoms with Crippen molar-refractivity contribution in [2.75, 3.05) is 0 Å². The van der Waals surface area contributed by atoms with Crippen molar-refractivity contribution in [1.29, 1.82) is 0 Å². The molecule has 1 aliphatic heterocycles. The first-order valence-electron chi connectivity index (χ1n) is 10.4. The Kier molecular flexibility index (Phi) is 3.48. The quantitative estimate of drug-likeness (QED) is 0.379. The number of rotatable bonds is 3. The molecule has 7 heteroatoms. The molecule has 0 aromatic carbocycles. The Balaban J connectivity index is 1.38. The summed E-state index contributed by atoms with van der Waals surface area (Å²) in [6.45, 7) is 0. The number of H-pyrrole nitrogens is 2. The molecule has 0 radical (unpaired) electrons. The number of nitrogens with zero attached hydrogens (tertiary/aromatic N) is 4. The Labute approximate surface area is 183 Å². The second-order valence-electron chi connectivity index (χ2n) is 7.94. The van der Waals surface area contributed by atoms with Gasteiger partial charge in [-0.2, -0.15) is 5.10 Å². The van der Waals surface area contributed by atoms with E-state index in [0.717, 1.165) is 56.1 Å². The van der Waals surface area contributed by atoms with E-state index >= 15 is 0 Å². The van der Waals surface area contributed by atoms with E-state index in [4.69, 9.17) is 4.98 Å². The fourth-order valence-electron chi connectivity index (χ4n) is 4.34. The van der Waals surface area contributed by atoms with Gasteiger partial charge >= 0.3 is 0 Å². The number of hydrogen-bond acceptors (Lipinski definition) is 5. The van der Waals surface area contributed by atoms with Crippen LogP contribution in [0, 0.1) is 0 Å². The molecule has 0 amide bonds. The van der Waals surface area contributed by atoms with Crippen molar-refractivity contribution >= 4 is 16.6 Å². The van der Waals surface area contributed by atoms with Crippen LogP contribution in [0.4, 0.5) is 0 Å². The summed E-state index contributed by atoms with van der Waals surface area (Å²) in [6.07, 6.45) is 11.6. The van der Waals surface area contributed by atoms with Crippen LogP contribution in [0.15, 0.2) is 85.1 Å². The van der Waals surface area contributed by atoms with E-state index in [0.29, 0.717) is 0 Å². The van der Waals surface area contributed by atoms with Crippen LogP contribution < -0.4 is 5.32 Å². The second kappa shape index (κ2) is 6.49. The first-order valence-corrected chi connectivity index (χ1v) is 10.4. The molecule has 152 valence electrons. The third-order valence-corrected chi connectivity index (χ3v) is 5.99. The van der Waals surface area contributed by atoms with Gasteiger partial charge in [-0.1, -0.05) is 12.1 Å². The van der Waals surface area contributed by atoms with Gasteiger partial charge in [-0.05, 0) is 48.0 Å². The largest absolute Gasteiger partial charge is 0.373 e. The molecule has 6 heterocycles. The van der Waals surface area contributed by atoms with Crippen LogP contribution in [0.3, 0.4) is 0 Å².